The van der Waals surface area contributed by atoms with Gasteiger partial charge in [0, 0.05) is 13.0 Å². The molecule has 88 valence electrons. The highest BCUT2D eigenvalue weighted by Crippen LogP contribution is 2.33. The number of esters is 1. The van der Waals surface area contributed by atoms with Gasteiger partial charge in [0.05, 0.1) is 0 Å². The molecule has 3 atom stereocenters. The summed E-state index contributed by atoms with van der Waals surface area (Å²) in [6.07, 6.45) is -0.724. The van der Waals surface area contributed by atoms with Gasteiger partial charge < -0.3 is 19.7 Å². The van der Waals surface area contributed by atoms with Gasteiger partial charge in [0.15, 0.2) is 12.2 Å². The van der Waals surface area contributed by atoms with Crippen LogP contribution in [0.3, 0.4) is 0 Å². The van der Waals surface area contributed by atoms with Gasteiger partial charge in [0.1, 0.15) is 0 Å². The standard InChI is InChI=1S/C10H18O5/c1-3-5-6-10(14-4-2)8(12)7(11)9(13)15-10/h7-8,11-12H,3-6H2,1-2H3/t7-,8+,10+/m1/s1. The molecule has 15 heavy (non-hydrogen) atoms. The van der Waals surface area contributed by atoms with Crippen LogP contribution in [-0.4, -0.2) is 40.8 Å². The minimum atomic E-state index is -1.49. The van der Waals surface area contributed by atoms with Crippen molar-refractivity contribution in [2.45, 2.75) is 51.1 Å². The van der Waals surface area contributed by atoms with E-state index >= 15 is 0 Å². The lowest BCUT2D eigenvalue weighted by Gasteiger charge is -2.30. The molecule has 0 unspecified atom stereocenters. The molecule has 0 aromatic rings. The molecule has 0 saturated carbocycles. The Morgan fingerprint density at radius 1 is 1.47 bits per heavy atom. The van der Waals surface area contributed by atoms with Crippen molar-refractivity contribution in [2.24, 2.45) is 0 Å². The number of aliphatic hydroxyl groups is 2. The average molecular weight is 218 g/mol. The van der Waals surface area contributed by atoms with Crippen molar-refractivity contribution < 1.29 is 24.5 Å². The number of carbonyl (C=O) groups is 1. The third-order valence-electron chi connectivity index (χ3n) is 2.53. The Balaban J connectivity index is 2.76. The quantitative estimate of drug-likeness (QED) is 0.644. The van der Waals surface area contributed by atoms with E-state index < -0.39 is 24.0 Å². The van der Waals surface area contributed by atoms with Crippen LogP contribution in [0.5, 0.6) is 0 Å². The number of hydrogen-bond acceptors (Lipinski definition) is 5. The second kappa shape index (κ2) is 4.92. The molecule has 1 aliphatic heterocycles. The molecule has 1 heterocycles. The van der Waals surface area contributed by atoms with E-state index in [1.807, 2.05) is 6.92 Å². The third kappa shape index (κ3) is 2.30. The second-order valence-corrected chi connectivity index (χ2v) is 3.66. The summed E-state index contributed by atoms with van der Waals surface area (Å²) in [5.41, 5.74) is 0. The van der Waals surface area contributed by atoms with Gasteiger partial charge in [-0.2, -0.15) is 0 Å². The zero-order chi connectivity index (χ0) is 11.5. The summed E-state index contributed by atoms with van der Waals surface area (Å²) in [6, 6.07) is 0. The molecule has 0 aromatic carbocycles. The van der Waals surface area contributed by atoms with Crippen LogP contribution in [0.15, 0.2) is 0 Å². The van der Waals surface area contributed by atoms with Crippen LogP contribution in [0.25, 0.3) is 0 Å². The highest BCUT2D eigenvalue weighted by atomic mass is 16.7. The van der Waals surface area contributed by atoms with Crippen LogP contribution in [0.4, 0.5) is 0 Å². The first-order valence-corrected chi connectivity index (χ1v) is 5.30. The lowest BCUT2D eigenvalue weighted by Crippen LogP contribution is -2.45. The van der Waals surface area contributed by atoms with Crippen molar-refractivity contribution in [3.05, 3.63) is 0 Å². The monoisotopic (exact) mass is 218 g/mol. The first-order valence-electron chi connectivity index (χ1n) is 5.30. The number of cyclic esters (lactones) is 1. The molecule has 5 heteroatoms. The summed E-state index contributed by atoms with van der Waals surface area (Å²) < 4.78 is 10.2. The molecule has 1 saturated heterocycles. The fourth-order valence-corrected chi connectivity index (χ4v) is 1.71. The maximum absolute atomic E-state index is 11.1. The van der Waals surface area contributed by atoms with Gasteiger partial charge in [-0.1, -0.05) is 13.3 Å². The maximum atomic E-state index is 11.1. The number of ether oxygens (including phenoxy) is 2. The summed E-state index contributed by atoms with van der Waals surface area (Å²) in [6.45, 7) is 4.05. The van der Waals surface area contributed by atoms with Crippen molar-refractivity contribution in [3.8, 4) is 0 Å². The van der Waals surface area contributed by atoms with Gasteiger partial charge >= 0.3 is 5.97 Å². The number of carbonyl (C=O) groups excluding carboxylic acids is 1. The number of hydrogen-bond donors (Lipinski definition) is 2. The molecule has 5 nitrogen and oxygen atoms in total. The first kappa shape index (κ1) is 12.4. The second-order valence-electron chi connectivity index (χ2n) is 3.66. The van der Waals surface area contributed by atoms with Crippen LogP contribution in [0.2, 0.25) is 0 Å². The molecule has 1 rings (SSSR count). The van der Waals surface area contributed by atoms with Gasteiger partial charge in [0.25, 0.3) is 0 Å². The summed E-state index contributed by atoms with van der Waals surface area (Å²) in [7, 11) is 0. The zero-order valence-corrected chi connectivity index (χ0v) is 9.10. The normalized spacial score (nSPS) is 35.6. The number of unbranched alkanes of at least 4 members (excludes halogenated alkanes) is 1. The van der Waals surface area contributed by atoms with E-state index in [0.717, 1.165) is 12.8 Å². The number of aliphatic hydroxyl groups excluding tert-OH is 2. The molecule has 0 aromatic heterocycles. The molecule has 1 fully saturated rings. The van der Waals surface area contributed by atoms with Crippen molar-refractivity contribution in [3.63, 3.8) is 0 Å². The van der Waals surface area contributed by atoms with Gasteiger partial charge in [-0.3, -0.25) is 0 Å². The maximum Gasteiger partial charge on any atom is 0.340 e. The Kier molecular flexibility index (Phi) is 4.07. The molecular weight excluding hydrogens is 200 g/mol. The molecule has 0 amide bonds. The molecule has 0 aliphatic carbocycles. The predicted octanol–water partition coefficient (Wildman–Crippen LogP) is 0.188. The Labute approximate surface area is 89.0 Å². The van der Waals surface area contributed by atoms with E-state index in [0.29, 0.717) is 13.0 Å². The summed E-state index contributed by atoms with van der Waals surface area (Å²) >= 11 is 0. The van der Waals surface area contributed by atoms with Crippen molar-refractivity contribution in [1.29, 1.82) is 0 Å². The lowest BCUT2D eigenvalue weighted by molar-refractivity contribution is -0.246. The van der Waals surface area contributed by atoms with Crippen LogP contribution >= 0.6 is 0 Å². The highest BCUT2D eigenvalue weighted by molar-refractivity contribution is 5.78. The highest BCUT2D eigenvalue weighted by Gasteiger charge is 2.55. The minimum Gasteiger partial charge on any atom is -0.428 e. The Hall–Kier alpha value is -0.650. The molecule has 0 bridgehead atoms. The van der Waals surface area contributed by atoms with E-state index in [-0.39, 0.29) is 0 Å². The average Bonchev–Trinajstić information content (AvgIpc) is 2.42. The molecule has 1 aliphatic rings. The Morgan fingerprint density at radius 3 is 2.53 bits per heavy atom. The minimum absolute atomic E-state index is 0.320. The van der Waals surface area contributed by atoms with Crippen LogP contribution in [0.1, 0.15) is 33.1 Å². The first-order chi connectivity index (χ1) is 7.07. The molecule has 0 spiro atoms. The molecule has 0 radical (unpaired) electrons. The van der Waals surface area contributed by atoms with Crippen LogP contribution in [0, 0.1) is 0 Å². The molecule has 2 N–H and O–H groups in total. The fourth-order valence-electron chi connectivity index (χ4n) is 1.71. The topological polar surface area (TPSA) is 76.0 Å². The summed E-state index contributed by atoms with van der Waals surface area (Å²) in [4.78, 5) is 11.1. The van der Waals surface area contributed by atoms with E-state index in [2.05, 4.69) is 0 Å². The summed E-state index contributed by atoms with van der Waals surface area (Å²) in [5, 5.41) is 19.0. The lowest BCUT2D eigenvalue weighted by atomic mass is 10.0. The van der Waals surface area contributed by atoms with E-state index in [4.69, 9.17) is 9.47 Å². The summed E-state index contributed by atoms with van der Waals surface area (Å²) in [5.74, 6) is -2.16. The van der Waals surface area contributed by atoms with Crippen LogP contribution < -0.4 is 0 Å². The SMILES string of the molecule is CCCC[C@]1(OCC)OC(=O)[C@H](O)[C@@H]1O. The van der Waals surface area contributed by atoms with Gasteiger partial charge in [-0.05, 0) is 13.3 Å². The van der Waals surface area contributed by atoms with Crippen molar-refractivity contribution >= 4 is 5.97 Å². The van der Waals surface area contributed by atoms with Crippen molar-refractivity contribution in [2.75, 3.05) is 6.61 Å². The van der Waals surface area contributed by atoms with Crippen molar-refractivity contribution in [1.82, 2.24) is 0 Å². The zero-order valence-electron chi connectivity index (χ0n) is 9.10. The smallest absolute Gasteiger partial charge is 0.340 e. The predicted molar refractivity (Wildman–Crippen MR) is 52.0 cm³/mol. The van der Waals surface area contributed by atoms with E-state index in [1.165, 1.54) is 0 Å². The van der Waals surface area contributed by atoms with E-state index in [9.17, 15) is 15.0 Å². The van der Waals surface area contributed by atoms with Gasteiger partial charge in [-0.25, -0.2) is 4.79 Å². The number of rotatable bonds is 5. The van der Waals surface area contributed by atoms with Gasteiger partial charge in [-0.15, -0.1) is 0 Å². The largest absolute Gasteiger partial charge is 0.428 e. The Morgan fingerprint density at radius 2 is 2.13 bits per heavy atom. The fraction of sp³-hybridized carbons (Fsp3) is 0.900. The Bertz CT molecular complexity index is 230. The molecular formula is C10H18O5. The third-order valence-corrected chi connectivity index (χ3v) is 2.53. The van der Waals surface area contributed by atoms with Crippen LogP contribution in [-0.2, 0) is 14.3 Å². The van der Waals surface area contributed by atoms with Gasteiger partial charge in [0.2, 0.25) is 5.79 Å². The van der Waals surface area contributed by atoms with E-state index in [1.54, 1.807) is 6.92 Å².